The van der Waals surface area contributed by atoms with Gasteiger partial charge in [0.25, 0.3) is 0 Å². The first-order chi connectivity index (χ1) is 9.06. The minimum atomic E-state index is -0.679. The fourth-order valence-corrected chi connectivity index (χ4v) is 3.89. The first kappa shape index (κ1) is 13.5. The summed E-state index contributed by atoms with van der Waals surface area (Å²) in [5.74, 6) is -0.236. The van der Waals surface area contributed by atoms with Crippen molar-refractivity contribution in [1.82, 2.24) is 4.90 Å². The summed E-state index contributed by atoms with van der Waals surface area (Å²) in [4.78, 5) is 2.48. The molecule has 0 spiro atoms. The van der Waals surface area contributed by atoms with E-state index in [1.807, 2.05) is 0 Å². The van der Waals surface area contributed by atoms with Gasteiger partial charge in [0.1, 0.15) is 5.82 Å². The number of rotatable bonds is 2. The molecule has 0 aliphatic carbocycles. The van der Waals surface area contributed by atoms with Crippen LogP contribution in [0.3, 0.4) is 0 Å². The van der Waals surface area contributed by atoms with Crippen molar-refractivity contribution in [2.75, 3.05) is 13.1 Å². The zero-order valence-electron chi connectivity index (χ0n) is 10.9. The molecule has 1 aromatic carbocycles. The number of fused-ring (bicyclic) bond motifs is 1. The first-order valence-electron chi connectivity index (χ1n) is 6.96. The molecule has 0 radical (unpaired) electrons. The summed E-state index contributed by atoms with van der Waals surface area (Å²) < 4.78 is 14.2. The predicted octanol–water partition coefficient (Wildman–Crippen LogP) is 3.12. The van der Waals surface area contributed by atoms with Crippen molar-refractivity contribution < 1.29 is 9.50 Å². The Morgan fingerprint density at radius 3 is 3.11 bits per heavy atom. The largest absolute Gasteiger partial charge is 0.389 e. The molecule has 104 valence electrons. The quantitative estimate of drug-likeness (QED) is 0.902. The predicted molar refractivity (Wildman–Crippen MR) is 76.6 cm³/mol. The fraction of sp³-hybridized carbons (Fsp3) is 0.600. The standard InChI is InChI=1S/C15H19BrFNO/c16-14-4-3-12(17)8-11(14)9-15(19)5-7-18-6-1-2-13(18)10-15/h3-4,8,13,19H,1-2,5-7,9-10H2. The Kier molecular flexibility index (Phi) is 3.67. The molecule has 0 saturated carbocycles. The van der Waals surface area contributed by atoms with Gasteiger partial charge in [0.2, 0.25) is 0 Å². The van der Waals surface area contributed by atoms with Crippen LogP contribution in [0.5, 0.6) is 0 Å². The van der Waals surface area contributed by atoms with Crippen LogP contribution in [0.4, 0.5) is 4.39 Å². The number of piperidine rings is 1. The average Bonchev–Trinajstić information content (AvgIpc) is 2.80. The van der Waals surface area contributed by atoms with Crippen LogP contribution in [-0.2, 0) is 6.42 Å². The maximum absolute atomic E-state index is 13.3. The van der Waals surface area contributed by atoms with Gasteiger partial charge in [-0.1, -0.05) is 15.9 Å². The van der Waals surface area contributed by atoms with Gasteiger partial charge in [-0.15, -0.1) is 0 Å². The van der Waals surface area contributed by atoms with E-state index >= 15 is 0 Å². The molecule has 2 atom stereocenters. The van der Waals surface area contributed by atoms with E-state index in [1.165, 1.54) is 31.5 Å². The van der Waals surface area contributed by atoms with Crippen LogP contribution in [0, 0.1) is 5.82 Å². The van der Waals surface area contributed by atoms with Gasteiger partial charge in [-0.05, 0) is 56.0 Å². The Morgan fingerprint density at radius 2 is 2.26 bits per heavy atom. The van der Waals surface area contributed by atoms with Crippen molar-refractivity contribution in [3.05, 3.63) is 34.1 Å². The molecule has 19 heavy (non-hydrogen) atoms. The first-order valence-corrected chi connectivity index (χ1v) is 7.75. The average molecular weight is 328 g/mol. The normalized spacial score (nSPS) is 31.4. The smallest absolute Gasteiger partial charge is 0.123 e. The lowest BCUT2D eigenvalue weighted by Crippen LogP contribution is -2.48. The second kappa shape index (κ2) is 5.15. The van der Waals surface area contributed by atoms with E-state index in [1.54, 1.807) is 6.07 Å². The maximum Gasteiger partial charge on any atom is 0.123 e. The Bertz CT molecular complexity index is 481. The summed E-state index contributed by atoms with van der Waals surface area (Å²) in [6.45, 7) is 2.14. The van der Waals surface area contributed by atoms with E-state index in [9.17, 15) is 9.50 Å². The van der Waals surface area contributed by atoms with E-state index in [-0.39, 0.29) is 5.82 Å². The van der Waals surface area contributed by atoms with Gasteiger partial charge in [0.15, 0.2) is 0 Å². The van der Waals surface area contributed by atoms with Crippen LogP contribution < -0.4 is 0 Å². The summed E-state index contributed by atoms with van der Waals surface area (Å²) >= 11 is 3.45. The fourth-order valence-electron chi connectivity index (χ4n) is 3.51. The van der Waals surface area contributed by atoms with Gasteiger partial charge >= 0.3 is 0 Å². The molecule has 2 saturated heterocycles. The summed E-state index contributed by atoms with van der Waals surface area (Å²) in [6, 6.07) is 5.21. The zero-order valence-corrected chi connectivity index (χ0v) is 12.5. The number of nitrogens with zero attached hydrogens (tertiary/aromatic N) is 1. The summed E-state index contributed by atoms with van der Waals surface area (Å²) in [5, 5.41) is 10.8. The van der Waals surface area contributed by atoms with E-state index < -0.39 is 5.60 Å². The van der Waals surface area contributed by atoms with Crippen molar-refractivity contribution in [2.24, 2.45) is 0 Å². The molecule has 4 heteroatoms. The molecule has 0 aromatic heterocycles. The van der Waals surface area contributed by atoms with Crippen LogP contribution in [0.15, 0.2) is 22.7 Å². The number of halogens is 2. The Balaban J connectivity index is 1.76. The maximum atomic E-state index is 13.3. The molecular weight excluding hydrogens is 309 g/mol. The molecule has 0 bridgehead atoms. The molecule has 2 aliphatic rings. The molecule has 1 N–H and O–H groups in total. The molecule has 2 fully saturated rings. The highest BCUT2D eigenvalue weighted by molar-refractivity contribution is 9.10. The summed E-state index contributed by atoms with van der Waals surface area (Å²) in [5.41, 5.74) is 0.191. The van der Waals surface area contributed by atoms with Gasteiger partial charge < -0.3 is 10.0 Å². The molecule has 2 heterocycles. The topological polar surface area (TPSA) is 23.5 Å². The number of aliphatic hydroxyl groups is 1. The van der Waals surface area contributed by atoms with Gasteiger partial charge in [-0.2, -0.15) is 0 Å². The summed E-state index contributed by atoms with van der Waals surface area (Å²) in [6.07, 6.45) is 4.56. The van der Waals surface area contributed by atoms with Crippen LogP contribution in [-0.4, -0.2) is 34.7 Å². The third-order valence-corrected chi connectivity index (χ3v) is 5.28. The minimum absolute atomic E-state index is 0.236. The number of hydrogen-bond donors (Lipinski definition) is 1. The molecule has 2 unspecified atom stereocenters. The molecule has 1 aromatic rings. The Morgan fingerprint density at radius 1 is 1.42 bits per heavy atom. The third-order valence-electron chi connectivity index (χ3n) is 4.51. The SMILES string of the molecule is OC1(Cc2cc(F)ccc2Br)CCN2CCCC2C1. The van der Waals surface area contributed by atoms with Gasteiger partial charge in [0.05, 0.1) is 5.60 Å². The van der Waals surface area contributed by atoms with Crippen LogP contribution in [0.1, 0.15) is 31.2 Å². The highest BCUT2D eigenvalue weighted by Crippen LogP contribution is 2.36. The van der Waals surface area contributed by atoms with Crippen molar-refractivity contribution in [3.8, 4) is 0 Å². The van der Waals surface area contributed by atoms with Gasteiger partial charge in [-0.25, -0.2) is 4.39 Å². The van der Waals surface area contributed by atoms with Crippen molar-refractivity contribution in [1.29, 1.82) is 0 Å². The monoisotopic (exact) mass is 327 g/mol. The number of hydrogen-bond acceptors (Lipinski definition) is 2. The number of benzene rings is 1. The second-order valence-corrected chi connectivity index (χ2v) is 6.78. The lowest BCUT2D eigenvalue weighted by molar-refractivity contribution is -0.0355. The lowest BCUT2D eigenvalue weighted by Gasteiger charge is -2.41. The van der Waals surface area contributed by atoms with E-state index in [0.29, 0.717) is 12.5 Å². The zero-order chi connectivity index (χ0) is 13.5. The van der Waals surface area contributed by atoms with E-state index in [2.05, 4.69) is 20.8 Å². The highest BCUT2D eigenvalue weighted by Gasteiger charge is 2.40. The van der Waals surface area contributed by atoms with Crippen LogP contribution in [0.25, 0.3) is 0 Å². The molecule has 0 amide bonds. The van der Waals surface area contributed by atoms with Crippen LogP contribution >= 0.6 is 15.9 Å². The second-order valence-electron chi connectivity index (χ2n) is 5.92. The third kappa shape index (κ3) is 2.86. The van der Waals surface area contributed by atoms with Crippen molar-refractivity contribution >= 4 is 15.9 Å². The van der Waals surface area contributed by atoms with Crippen molar-refractivity contribution in [2.45, 2.75) is 43.7 Å². The van der Waals surface area contributed by atoms with Crippen LogP contribution in [0.2, 0.25) is 0 Å². The molecular formula is C15H19BrFNO. The van der Waals surface area contributed by atoms with E-state index in [0.717, 1.165) is 29.4 Å². The molecule has 2 aliphatic heterocycles. The Labute approximate surface area is 121 Å². The van der Waals surface area contributed by atoms with Gasteiger partial charge in [-0.3, -0.25) is 0 Å². The molecule has 2 nitrogen and oxygen atoms in total. The van der Waals surface area contributed by atoms with Crippen molar-refractivity contribution in [3.63, 3.8) is 0 Å². The minimum Gasteiger partial charge on any atom is -0.389 e. The van der Waals surface area contributed by atoms with E-state index in [4.69, 9.17) is 0 Å². The lowest BCUT2D eigenvalue weighted by atomic mass is 9.82. The highest BCUT2D eigenvalue weighted by atomic mass is 79.9. The Hall–Kier alpha value is -0.450. The van der Waals surface area contributed by atoms with Gasteiger partial charge in [0, 0.05) is 23.5 Å². The molecule has 3 rings (SSSR count). The summed E-state index contributed by atoms with van der Waals surface area (Å²) in [7, 11) is 0.